The molecule has 0 unspecified atom stereocenters. The van der Waals surface area contributed by atoms with Gasteiger partial charge in [-0.15, -0.1) is 0 Å². The predicted octanol–water partition coefficient (Wildman–Crippen LogP) is 1.66. The highest BCUT2D eigenvalue weighted by atomic mass is 16.3. The summed E-state index contributed by atoms with van der Waals surface area (Å²) in [6.45, 7) is 0. The normalized spacial score (nSPS) is 42.4. The summed E-state index contributed by atoms with van der Waals surface area (Å²) >= 11 is 0. The van der Waals surface area contributed by atoms with Gasteiger partial charge in [0.1, 0.15) is 5.60 Å². The largest absolute Gasteiger partial charge is 0.382 e. The zero-order valence-electron chi connectivity index (χ0n) is 7.38. The number of Topliss-reactive ketones (excluding diaryl/α,β-unsaturated/α-hetero) is 1. The van der Waals surface area contributed by atoms with Crippen molar-refractivity contribution >= 4 is 5.78 Å². The number of rotatable bonds is 0. The van der Waals surface area contributed by atoms with Crippen LogP contribution >= 0.6 is 0 Å². The fourth-order valence-electron chi connectivity index (χ4n) is 2.68. The van der Waals surface area contributed by atoms with Crippen molar-refractivity contribution in [2.45, 2.75) is 50.5 Å². The second kappa shape index (κ2) is 2.84. The monoisotopic (exact) mass is 168 g/mol. The molecule has 0 radical (unpaired) electrons. The molecule has 2 aliphatic carbocycles. The van der Waals surface area contributed by atoms with E-state index in [1.165, 1.54) is 12.8 Å². The number of carbonyl (C=O) groups excluding carboxylic acids is 1. The number of hydrogen-bond donors (Lipinski definition) is 1. The summed E-state index contributed by atoms with van der Waals surface area (Å²) in [5.74, 6) is 0.391. The van der Waals surface area contributed by atoms with Crippen LogP contribution in [0.5, 0.6) is 0 Å². The molecule has 0 bridgehead atoms. The van der Waals surface area contributed by atoms with E-state index in [2.05, 4.69) is 0 Å². The highest BCUT2D eigenvalue weighted by molar-refractivity contribution is 5.89. The van der Waals surface area contributed by atoms with Crippen LogP contribution in [0.3, 0.4) is 0 Å². The van der Waals surface area contributed by atoms with Gasteiger partial charge in [0.15, 0.2) is 5.78 Å². The van der Waals surface area contributed by atoms with Gasteiger partial charge in [0, 0.05) is 6.42 Å². The van der Waals surface area contributed by atoms with Crippen LogP contribution in [0.25, 0.3) is 0 Å². The average Bonchev–Trinajstić information content (AvgIpc) is 2.24. The predicted molar refractivity (Wildman–Crippen MR) is 45.8 cm³/mol. The van der Waals surface area contributed by atoms with Crippen LogP contribution in [0.2, 0.25) is 0 Å². The number of carbonyl (C=O) groups is 1. The highest BCUT2D eigenvalue weighted by Gasteiger charge is 2.47. The zero-order valence-corrected chi connectivity index (χ0v) is 7.38. The molecule has 12 heavy (non-hydrogen) atoms. The van der Waals surface area contributed by atoms with Gasteiger partial charge in [-0.1, -0.05) is 19.3 Å². The van der Waals surface area contributed by atoms with Gasteiger partial charge in [0.25, 0.3) is 0 Å². The Labute approximate surface area is 73.0 Å². The Kier molecular flexibility index (Phi) is 1.95. The van der Waals surface area contributed by atoms with Crippen LogP contribution in [-0.4, -0.2) is 16.5 Å². The van der Waals surface area contributed by atoms with Crippen LogP contribution in [0.15, 0.2) is 0 Å². The van der Waals surface area contributed by atoms with E-state index in [0.29, 0.717) is 6.42 Å². The molecule has 1 N–H and O–H groups in total. The van der Waals surface area contributed by atoms with Gasteiger partial charge in [-0.05, 0) is 25.2 Å². The van der Waals surface area contributed by atoms with Crippen molar-refractivity contribution in [3.63, 3.8) is 0 Å². The van der Waals surface area contributed by atoms with Gasteiger partial charge in [0.2, 0.25) is 0 Å². The summed E-state index contributed by atoms with van der Waals surface area (Å²) in [5, 5.41) is 10.1. The van der Waals surface area contributed by atoms with E-state index in [-0.39, 0.29) is 11.7 Å². The minimum atomic E-state index is -0.906. The number of hydrogen-bond acceptors (Lipinski definition) is 2. The number of fused-ring (bicyclic) bond motifs is 1. The fourth-order valence-corrected chi connectivity index (χ4v) is 2.68. The van der Waals surface area contributed by atoms with E-state index in [1.807, 2.05) is 0 Å². The topological polar surface area (TPSA) is 37.3 Å². The summed E-state index contributed by atoms with van der Waals surface area (Å²) in [4.78, 5) is 11.4. The quantitative estimate of drug-likeness (QED) is 0.597. The summed E-state index contributed by atoms with van der Waals surface area (Å²) in [6, 6.07) is 0. The van der Waals surface area contributed by atoms with Crippen molar-refractivity contribution in [1.82, 2.24) is 0 Å². The first-order chi connectivity index (χ1) is 5.73. The van der Waals surface area contributed by atoms with Crippen molar-refractivity contribution in [1.29, 1.82) is 0 Å². The van der Waals surface area contributed by atoms with Crippen LogP contribution in [0.1, 0.15) is 44.9 Å². The Bertz CT molecular complexity index is 200. The average molecular weight is 168 g/mol. The molecule has 2 saturated carbocycles. The molecule has 2 rings (SSSR count). The van der Waals surface area contributed by atoms with Gasteiger partial charge in [-0.3, -0.25) is 4.79 Å². The minimum Gasteiger partial charge on any atom is -0.382 e. The van der Waals surface area contributed by atoms with Gasteiger partial charge < -0.3 is 5.11 Å². The van der Waals surface area contributed by atoms with Gasteiger partial charge in [-0.25, -0.2) is 0 Å². The lowest BCUT2D eigenvalue weighted by Gasteiger charge is -2.25. The molecule has 2 aliphatic rings. The van der Waals surface area contributed by atoms with Crippen molar-refractivity contribution in [2.24, 2.45) is 5.92 Å². The Hall–Kier alpha value is -0.370. The first-order valence-corrected chi connectivity index (χ1v) is 4.99. The Morgan fingerprint density at radius 3 is 2.92 bits per heavy atom. The SMILES string of the molecule is O=C1CC[C@@H]2CCCCC[C@]12O. The lowest BCUT2D eigenvalue weighted by Crippen LogP contribution is -2.39. The third-order valence-corrected chi connectivity index (χ3v) is 3.49. The molecule has 0 saturated heterocycles. The highest BCUT2D eigenvalue weighted by Crippen LogP contribution is 2.41. The lowest BCUT2D eigenvalue weighted by molar-refractivity contribution is -0.137. The van der Waals surface area contributed by atoms with Crippen LogP contribution in [0.4, 0.5) is 0 Å². The van der Waals surface area contributed by atoms with Crippen molar-refractivity contribution in [2.75, 3.05) is 0 Å². The van der Waals surface area contributed by atoms with E-state index >= 15 is 0 Å². The first kappa shape index (κ1) is 8.24. The molecule has 2 nitrogen and oxygen atoms in total. The summed E-state index contributed by atoms with van der Waals surface area (Å²) in [6.07, 6.45) is 6.72. The maximum Gasteiger partial charge on any atom is 0.164 e. The molecule has 0 amide bonds. The summed E-state index contributed by atoms with van der Waals surface area (Å²) < 4.78 is 0. The second-order valence-electron chi connectivity index (χ2n) is 4.18. The van der Waals surface area contributed by atoms with E-state index in [9.17, 15) is 9.90 Å². The molecule has 0 heterocycles. The number of ketones is 1. The summed E-state index contributed by atoms with van der Waals surface area (Å²) in [5.41, 5.74) is -0.906. The standard InChI is InChI=1S/C10H16O2/c11-9-6-5-8-4-2-1-3-7-10(8,9)12/h8,12H,1-7H2/t8-,10+/m0/s1. The Morgan fingerprint density at radius 1 is 1.25 bits per heavy atom. The molecule has 68 valence electrons. The lowest BCUT2D eigenvalue weighted by atomic mass is 9.86. The van der Waals surface area contributed by atoms with E-state index < -0.39 is 5.60 Å². The van der Waals surface area contributed by atoms with E-state index in [1.54, 1.807) is 0 Å². The molecule has 2 heteroatoms. The molecule has 2 fully saturated rings. The maximum absolute atomic E-state index is 11.4. The fraction of sp³-hybridized carbons (Fsp3) is 0.900. The molecule has 2 atom stereocenters. The first-order valence-electron chi connectivity index (χ1n) is 4.99. The second-order valence-corrected chi connectivity index (χ2v) is 4.18. The molecule has 0 aliphatic heterocycles. The molecule has 0 aromatic rings. The third kappa shape index (κ3) is 1.09. The molecular weight excluding hydrogens is 152 g/mol. The number of aliphatic hydroxyl groups is 1. The van der Waals surface area contributed by atoms with E-state index in [4.69, 9.17) is 0 Å². The summed E-state index contributed by atoms with van der Waals surface area (Å²) in [7, 11) is 0. The van der Waals surface area contributed by atoms with Gasteiger partial charge in [-0.2, -0.15) is 0 Å². The van der Waals surface area contributed by atoms with Gasteiger partial charge >= 0.3 is 0 Å². The molecular formula is C10H16O2. The van der Waals surface area contributed by atoms with Crippen LogP contribution in [-0.2, 0) is 4.79 Å². The van der Waals surface area contributed by atoms with Crippen LogP contribution in [0, 0.1) is 5.92 Å². The zero-order chi connectivity index (χ0) is 8.60. The Morgan fingerprint density at radius 2 is 2.08 bits per heavy atom. The minimum absolute atomic E-state index is 0.106. The molecule has 0 aromatic carbocycles. The molecule has 0 aromatic heterocycles. The smallest absolute Gasteiger partial charge is 0.164 e. The Balaban J connectivity index is 2.21. The van der Waals surface area contributed by atoms with Crippen molar-refractivity contribution in [3.8, 4) is 0 Å². The third-order valence-electron chi connectivity index (χ3n) is 3.49. The molecule has 0 spiro atoms. The van der Waals surface area contributed by atoms with Crippen LogP contribution < -0.4 is 0 Å². The maximum atomic E-state index is 11.4. The van der Waals surface area contributed by atoms with Crippen molar-refractivity contribution in [3.05, 3.63) is 0 Å². The van der Waals surface area contributed by atoms with E-state index in [0.717, 1.165) is 25.7 Å². The van der Waals surface area contributed by atoms with Crippen molar-refractivity contribution < 1.29 is 9.90 Å². The van der Waals surface area contributed by atoms with Gasteiger partial charge in [0.05, 0.1) is 0 Å².